The van der Waals surface area contributed by atoms with Gasteiger partial charge in [0.2, 0.25) is 10.0 Å². The van der Waals surface area contributed by atoms with E-state index in [0.29, 0.717) is 18.7 Å². The summed E-state index contributed by atoms with van der Waals surface area (Å²) in [4.78, 5) is 2.31. The molecule has 0 saturated heterocycles. The predicted molar refractivity (Wildman–Crippen MR) is 89.9 cm³/mol. The lowest BCUT2D eigenvalue weighted by atomic mass is 10.2. The summed E-state index contributed by atoms with van der Waals surface area (Å²) >= 11 is 4.95. The van der Waals surface area contributed by atoms with Crippen molar-refractivity contribution in [1.29, 1.82) is 0 Å². The molecule has 21 heavy (non-hydrogen) atoms. The molecule has 0 aliphatic heterocycles. The molecule has 118 valence electrons. The van der Waals surface area contributed by atoms with Crippen LogP contribution in [0.5, 0.6) is 0 Å². The molecule has 0 fully saturated rings. The van der Waals surface area contributed by atoms with Crippen molar-refractivity contribution in [3.8, 4) is 0 Å². The summed E-state index contributed by atoms with van der Waals surface area (Å²) in [5, 5.41) is 0. The average Bonchev–Trinajstić information content (AvgIpc) is 2.43. The molecule has 1 aromatic rings. The van der Waals surface area contributed by atoms with Crippen LogP contribution in [-0.4, -0.2) is 56.3 Å². The molecule has 0 unspecified atom stereocenters. The lowest BCUT2D eigenvalue weighted by Gasteiger charge is -2.22. The van der Waals surface area contributed by atoms with Gasteiger partial charge >= 0.3 is 0 Å². The fourth-order valence-electron chi connectivity index (χ4n) is 2.05. The molecule has 0 atom stereocenters. The second-order valence-corrected chi connectivity index (χ2v) is 7.36. The molecule has 1 rings (SSSR count). The molecular formula is C14H23N3O2S2. The molecule has 0 heterocycles. The molecule has 0 bridgehead atoms. The monoisotopic (exact) mass is 329 g/mol. The van der Waals surface area contributed by atoms with Gasteiger partial charge in [-0.05, 0) is 33.1 Å². The largest absolute Gasteiger partial charge is 0.389 e. The van der Waals surface area contributed by atoms with Crippen LogP contribution in [0.1, 0.15) is 18.9 Å². The van der Waals surface area contributed by atoms with Crippen molar-refractivity contribution in [3.63, 3.8) is 0 Å². The lowest BCUT2D eigenvalue weighted by Crippen LogP contribution is -2.34. The molecule has 0 aliphatic rings. The topological polar surface area (TPSA) is 66.6 Å². The number of hydrogen-bond donors (Lipinski definition) is 1. The van der Waals surface area contributed by atoms with E-state index < -0.39 is 10.0 Å². The first-order valence-corrected chi connectivity index (χ1v) is 8.69. The van der Waals surface area contributed by atoms with Crippen molar-refractivity contribution in [1.82, 2.24) is 9.21 Å². The smallest absolute Gasteiger partial charge is 0.243 e. The molecule has 0 spiro atoms. The van der Waals surface area contributed by atoms with Crippen LogP contribution in [0.25, 0.3) is 0 Å². The molecule has 0 saturated carbocycles. The van der Waals surface area contributed by atoms with Crippen LogP contribution in [0, 0.1) is 0 Å². The SMILES string of the molecule is CCN(CCCN(C)C)S(=O)(=O)c1ccccc1C(N)=S. The number of thiocarbonyl (C=S) groups is 1. The van der Waals surface area contributed by atoms with E-state index in [0.717, 1.165) is 13.0 Å². The van der Waals surface area contributed by atoms with Gasteiger partial charge in [0, 0.05) is 18.7 Å². The van der Waals surface area contributed by atoms with Gasteiger partial charge in [0.15, 0.2) is 0 Å². The van der Waals surface area contributed by atoms with Crippen molar-refractivity contribution in [2.24, 2.45) is 5.73 Å². The maximum absolute atomic E-state index is 12.8. The maximum Gasteiger partial charge on any atom is 0.243 e. The fraction of sp³-hybridized carbons (Fsp3) is 0.500. The van der Waals surface area contributed by atoms with Crippen molar-refractivity contribution in [3.05, 3.63) is 29.8 Å². The quantitative estimate of drug-likeness (QED) is 0.728. The highest BCUT2D eigenvalue weighted by atomic mass is 32.2. The third-order valence-corrected chi connectivity index (χ3v) is 5.39. The van der Waals surface area contributed by atoms with E-state index in [2.05, 4.69) is 0 Å². The Balaban J connectivity index is 3.05. The number of benzene rings is 1. The van der Waals surface area contributed by atoms with E-state index in [-0.39, 0.29) is 9.88 Å². The van der Waals surface area contributed by atoms with Crippen molar-refractivity contribution in [2.45, 2.75) is 18.2 Å². The van der Waals surface area contributed by atoms with E-state index in [1.165, 1.54) is 4.31 Å². The summed E-state index contributed by atoms with van der Waals surface area (Å²) < 4.78 is 27.0. The van der Waals surface area contributed by atoms with Gasteiger partial charge in [0.05, 0.1) is 4.90 Å². The summed E-state index contributed by atoms with van der Waals surface area (Å²) in [5.41, 5.74) is 6.04. The van der Waals surface area contributed by atoms with E-state index in [1.807, 2.05) is 25.9 Å². The lowest BCUT2D eigenvalue weighted by molar-refractivity contribution is 0.356. The average molecular weight is 329 g/mol. The minimum absolute atomic E-state index is 0.0959. The second-order valence-electron chi connectivity index (χ2n) is 5.01. The van der Waals surface area contributed by atoms with Crippen LogP contribution in [0.4, 0.5) is 0 Å². The summed E-state index contributed by atoms with van der Waals surface area (Å²) in [7, 11) is 0.353. The standard InChI is InChI=1S/C14H23N3O2S2/c1-4-17(11-7-10-16(2)3)21(18,19)13-9-6-5-8-12(13)14(15)20/h5-6,8-9H,4,7,10-11H2,1-3H3,(H2,15,20). The predicted octanol–water partition coefficient (Wildman–Crippen LogP) is 1.28. The van der Waals surface area contributed by atoms with Crippen LogP contribution >= 0.6 is 12.2 Å². The molecular weight excluding hydrogens is 306 g/mol. The second kappa shape index (κ2) is 7.84. The minimum atomic E-state index is -3.58. The number of nitrogens with zero attached hydrogens (tertiary/aromatic N) is 2. The Bertz CT molecular complexity index is 586. The summed E-state index contributed by atoms with van der Waals surface area (Å²) in [6, 6.07) is 6.61. The first-order chi connectivity index (χ1) is 9.80. The summed E-state index contributed by atoms with van der Waals surface area (Å²) in [6.07, 6.45) is 0.773. The molecule has 5 nitrogen and oxygen atoms in total. The molecule has 0 aliphatic carbocycles. The molecule has 0 aromatic heterocycles. The Morgan fingerprint density at radius 1 is 1.24 bits per heavy atom. The molecule has 0 amide bonds. The van der Waals surface area contributed by atoms with Gasteiger partial charge in [-0.1, -0.05) is 37.3 Å². The maximum atomic E-state index is 12.8. The third-order valence-electron chi connectivity index (χ3n) is 3.14. The first kappa shape index (κ1) is 18.0. The molecule has 0 radical (unpaired) electrons. The van der Waals surface area contributed by atoms with Gasteiger partial charge < -0.3 is 10.6 Å². The zero-order chi connectivity index (χ0) is 16.0. The van der Waals surface area contributed by atoms with Crippen molar-refractivity contribution in [2.75, 3.05) is 33.7 Å². The van der Waals surface area contributed by atoms with Gasteiger partial charge in [0.1, 0.15) is 4.99 Å². The Hall–Kier alpha value is -1.02. The zero-order valence-electron chi connectivity index (χ0n) is 12.7. The highest BCUT2D eigenvalue weighted by Gasteiger charge is 2.25. The van der Waals surface area contributed by atoms with Crippen LogP contribution in [0.3, 0.4) is 0 Å². The number of hydrogen-bond acceptors (Lipinski definition) is 4. The number of rotatable bonds is 8. The van der Waals surface area contributed by atoms with Crippen molar-refractivity contribution < 1.29 is 8.42 Å². The number of nitrogens with two attached hydrogens (primary N) is 1. The number of sulfonamides is 1. The van der Waals surface area contributed by atoms with Crippen LogP contribution in [0.15, 0.2) is 29.2 Å². The van der Waals surface area contributed by atoms with Gasteiger partial charge in [-0.25, -0.2) is 8.42 Å². The Morgan fingerprint density at radius 3 is 2.38 bits per heavy atom. The van der Waals surface area contributed by atoms with Crippen LogP contribution < -0.4 is 5.73 Å². The van der Waals surface area contributed by atoms with Crippen molar-refractivity contribution >= 4 is 27.2 Å². The Kier molecular flexibility index (Phi) is 6.73. The van der Waals surface area contributed by atoms with Gasteiger partial charge in [-0.15, -0.1) is 0 Å². The van der Waals surface area contributed by atoms with Gasteiger partial charge in [0.25, 0.3) is 0 Å². The minimum Gasteiger partial charge on any atom is -0.389 e. The molecule has 2 N–H and O–H groups in total. The normalized spacial score (nSPS) is 12.0. The highest BCUT2D eigenvalue weighted by molar-refractivity contribution is 7.89. The highest BCUT2D eigenvalue weighted by Crippen LogP contribution is 2.20. The third kappa shape index (κ3) is 4.74. The zero-order valence-corrected chi connectivity index (χ0v) is 14.4. The van der Waals surface area contributed by atoms with E-state index >= 15 is 0 Å². The molecule has 1 aromatic carbocycles. The van der Waals surface area contributed by atoms with Gasteiger partial charge in [-0.2, -0.15) is 4.31 Å². The Morgan fingerprint density at radius 2 is 1.86 bits per heavy atom. The van der Waals surface area contributed by atoms with Gasteiger partial charge in [-0.3, -0.25) is 0 Å². The van der Waals surface area contributed by atoms with E-state index in [4.69, 9.17) is 18.0 Å². The summed E-state index contributed by atoms with van der Waals surface area (Å²) in [5.74, 6) is 0. The van der Waals surface area contributed by atoms with Crippen LogP contribution in [-0.2, 0) is 10.0 Å². The van der Waals surface area contributed by atoms with Crippen LogP contribution in [0.2, 0.25) is 0 Å². The first-order valence-electron chi connectivity index (χ1n) is 6.84. The fourth-order valence-corrected chi connectivity index (χ4v) is 3.98. The summed E-state index contributed by atoms with van der Waals surface area (Å²) in [6.45, 7) is 3.56. The Labute approximate surface area is 132 Å². The van der Waals surface area contributed by atoms with E-state index in [1.54, 1.807) is 24.3 Å². The molecule has 7 heteroatoms. The van der Waals surface area contributed by atoms with E-state index in [9.17, 15) is 8.42 Å².